The Bertz CT molecular complexity index is 462. The minimum Gasteiger partial charge on any atom is -0.480 e. The maximum atomic E-state index is 11.4. The molecule has 16 heavy (non-hydrogen) atoms. The smallest absolute Gasteiger partial charge is 0.325 e. The molecular formula is C9H12N2O4S. The predicted molar refractivity (Wildman–Crippen MR) is 58.6 cm³/mol. The Morgan fingerprint density at radius 2 is 2.25 bits per heavy atom. The van der Waals surface area contributed by atoms with Crippen molar-refractivity contribution >= 4 is 23.2 Å². The van der Waals surface area contributed by atoms with Gasteiger partial charge < -0.3 is 10.4 Å². The van der Waals surface area contributed by atoms with Crippen LogP contribution in [0, 0.1) is 6.92 Å². The minimum atomic E-state index is -1.11. The highest BCUT2D eigenvalue weighted by Crippen LogP contribution is 1.99. The first-order valence-corrected chi connectivity index (χ1v) is 5.47. The number of amides is 1. The largest absolute Gasteiger partial charge is 0.480 e. The topological polar surface area (TPSA) is 88.4 Å². The zero-order valence-corrected chi connectivity index (χ0v) is 9.71. The molecule has 0 aliphatic heterocycles. The molecule has 1 heterocycles. The minimum absolute atomic E-state index is 0.147. The number of thiazole rings is 1. The summed E-state index contributed by atoms with van der Waals surface area (Å²) in [6, 6.07) is -0.956. The lowest BCUT2D eigenvalue weighted by molar-refractivity contribution is -0.141. The first kappa shape index (κ1) is 12.4. The summed E-state index contributed by atoms with van der Waals surface area (Å²) in [6.07, 6.45) is 0. The van der Waals surface area contributed by atoms with Gasteiger partial charge in [-0.05, 0) is 13.8 Å². The van der Waals surface area contributed by atoms with Crippen molar-refractivity contribution in [3.05, 3.63) is 20.7 Å². The number of rotatable bonds is 4. The van der Waals surface area contributed by atoms with Crippen molar-refractivity contribution < 1.29 is 14.7 Å². The second-order valence-corrected chi connectivity index (χ2v) is 4.18. The van der Waals surface area contributed by atoms with Crippen LogP contribution in [0.2, 0.25) is 0 Å². The Morgan fingerprint density at radius 1 is 1.62 bits per heavy atom. The van der Waals surface area contributed by atoms with Crippen molar-refractivity contribution in [3.8, 4) is 0 Å². The molecule has 0 fully saturated rings. The third-order valence-electron chi connectivity index (χ3n) is 2.03. The summed E-state index contributed by atoms with van der Waals surface area (Å²) in [5, 5.41) is 12.5. The molecule has 2 N–H and O–H groups in total. The summed E-state index contributed by atoms with van der Waals surface area (Å²) in [6.45, 7) is 2.93. The number of nitrogens with zero attached hydrogens (tertiary/aromatic N) is 1. The number of hydrogen-bond acceptors (Lipinski definition) is 4. The van der Waals surface area contributed by atoms with Gasteiger partial charge in [-0.15, -0.1) is 0 Å². The van der Waals surface area contributed by atoms with Gasteiger partial charge >= 0.3 is 10.8 Å². The number of carboxylic acid groups (broad SMARTS) is 1. The van der Waals surface area contributed by atoms with Crippen LogP contribution < -0.4 is 10.2 Å². The molecule has 1 aromatic rings. The van der Waals surface area contributed by atoms with Crippen molar-refractivity contribution in [2.45, 2.75) is 26.4 Å². The van der Waals surface area contributed by atoms with Crippen LogP contribution in [0.5, 0.6) is 0 Å². The van der Waals surface area contributed by atoms with E-state index in [2.05, 4.69) is 5.32 Å². The van der Waals surface area contributed by atoms with Crippen molar-refractivity contribution in [1.29, 1.82) is 0 Å². The molecule has 0 aliphatic rings. The van der Waals surface area contributed by atoms with E-state index in [4.69, 9.17) is 5.11 Å². The van der Waals surface area contributed by atoms with Crippen LogP contribution in [0.15, 0.2) is 10.2 Å². The zero-order chi connectivity index (χ0) is 12.3. The lowest BCUT2D eigenvalue weighted by atomic mass is 10.3. The van der Waals surface area contributed by atoms with Gasteiger partial charge in [0.1, 0.15) is 12.6 Å². The first-order valence-electron chi connectivity index (χ1n) is 4.59. The summed E-state index contributed by atoms with van der Waals surface area (Å²) in [4.78, 5) is 32.9. The molecular weight excluding hydrogens is 232 g/mol. The van der Waals surface area contributed by atoms with E-state index in [1.807, 2.05) is 0 Å². The van der Waals surface area contributed by atoms with E-state index >= 15 is 0 Å². The standard InChI is InChI=1S/C9H12N2O4S/c1-5-4-16-9(15)11(5)3-7(12)10-6(2)8(13)14/h4,6H,3H2,1-2H3,(H,10,12)(H,13,14)/t6-/m0/s1. The number of nitrogens with one attached hydrogen (secondary N) is 1. The van der Waals surface area contributed by atoms with Crippen LogP contribution >= 0.6 is 11.3 Å². The highest BCUT2D eigenvalue weighted by Gasteiger charge is 2.15. The van der Waals surface area contributed by atoms with E-state index in [1.165, 1.54) is 11.5 Å². The summed E-state index contributed by atoms with van der Waals surface area (Å²) >= 11 is 1.01. The Morgan fingerprint density at radius 3 is 2.69 bits per heavy atom. The molecule has 7 heteroatoms. The van der Waals surface area contributed by atoms with Gasteiger partial charge in [0, 0.05) is 11.1 Å². The number of hydrogen-bond donors (Lipinski definition) is 2. The SMILES string of the molecule is Cc1csc(=O)n1CC(=O)N[C@@H](C)C(=O)O. The molecule has 1 rings (SSSR count). The summed E-state index contributed by atoms with van der Waals surface area (Å²) < 4.78 is 1.30. The van der Waals surface area contributed by atoms with E-state index < -0.39 is 17.9 Å². The molecule has 0 aromatic carbocycles. The summed E-state index contributed by atoms with van der Waals surface area (Å²) in [7, 11) is 0. The quantitative estimate of drug-likeness (QED) is 0.768. The molecule has 0 saturated carbocycles. The number of aryl methyl sites for hydroxylation is 1. The fourth-order valence-electron chi connectivity index (χ4n) is 1.09. The fraction of sp³-hybridized carbons (Fsp3) is 0.444. The Kier molecular flexibility index (Phi) is 3.83. The van der Waals surface area contributed by atoms with Crippen LogP contribution in [0.3, 0.4) is 0 Å². The Labute approximate surface area is 95.5 Å². The molecule has 0 spiro atoms. The molecule has 0 aliphatic carbocycles. The molecule has 1 aromatic heterocycles. The molecule has 0 unspecified atom stereocenters. The lowest BCUT2D eigenvalue weighted by Gasteiger charge is -2.09. The molecule has 6 nitrogen and oxygen atoms in total. The third kappa shape index (κ3) is 2.93. The van der Waals surface area contributed by atoms with E-state index in [0.29, 0.717) is 5.69 Å². The lowest BCUT2D eigenvalue weighted by Crippen LogP contribution is -2.41. The summed E-state index contributed by atoms with van der Waals surface area (Å²) in [5.74, 6) is -1.60. The van der Waals surface area contributed by atoms with Crippen molar-refractivity contribution in [1.82, 2.24) is 9.88 Å². The number of aromatic nitrogens is 1. The van der Waals surface area contributed by atoms with Gasteiger partial charge in [0.15, 0.2) is 0 Å². The van der Waals surface area contributed by atoms with Crippen molar-refractivity contribution in [3.63, 3.8) is 0 Å². The number of carbonyl (C=O) groups excluding carboxylic acids is 1. The van der Waals surface area contributed by atoms with Crippen LogP contribution in [-0.2, 0) is 16.1 Å². The van der Waals surface area contributed by atoms with Gasteiger partial charge in [-0.1, -0.05) is 11.3 Å². The van der Waals surface area contributed by atoms with Crippen LogP contribution in [0.1, 0.15) is 12.6 Å². The fourth-order valence-corrected chi connectivity index (χ4v) is 1.82. The van der Waals surface area contributed by atoms with Gasteiger partial charge in [0.25, 0.3) is 0 Å². The highest BCUT2D eigenvalue weighted by molar-refractivity contribution is 7.07. The van der Waals surface area contributed by atoms with Crippen LogP contribution in [0.4, 0.5) is 0 Å². The molecule has 1 amide bonds. The molecule has 88 valence electrons. The zero-order valence-electron chi connectivity index (χ0n) is 8.89. The second kappa shape index (κ2) is 4.93. The first-order chi connectivity index (χ1) is 7.41. The van der Waals surface area contributed by atoms with Crippen LogP contribution in [0.25, 0.3) is 0 Å². The Hall–Kier alpha value is -1.63. The average molecular weight is 244 g/mol. The monoisotopic (exact) mass is 244 g/mol. The number of carbonyl (C=O) groups is 2. The number of carboxylic acids is 1. The van der Waals surface area contributed by atoms with Gasteiger partial charge in [0.05, 0.1) is 0 Å². The Balaban J connectivity index is 2.66. The van der Waals surface area contributed by atoms with E-state index in [-0.39, 0.29) is 11.4 Å². The van der Waals surface area contributed by atoms with Crippen molar-refractivity contribution in [2.24, 2.45) is 0 Å². The van der Waals surface area contributed by atoms with Gasteiger partial charge in [-0.3, -0.25) is 19.0 Å². The average Bonchev–Trinajstić information content (AvgIpc) is 2.49. The van der Waals surface area contributed by atoms with E-state index in [1.54, 1.807) is 12.3 Å². The maximum absolute atomic E-state index is 11.4. The molecule has 0 bridgehead atoms. The van der Waals surface area contributed by atoms with Crippen molar-refractivity contribution in [2.75, 3.05) is 0 Å². The van der Waals surface area contributed by atoms with Crippen LogP contribution in [-0.4, -0.2) is 27.6 Å². The normalized spacial score (nSPS) is 12.1. The van der Waals surface area contributed by atoms with Gasteiger partial charge in [-0.2, -0.15) is 0 Å². The maximum Gasteiger partial charge on any atom is 0.325 e. The highest BCUT2D eigenvalue weighted by atomic mass is 32.1. The molecule has 0 radical (unpaired) electrons. The summed E-state index contributed by atoms with van der Waals surface area (Å²) in [5.41, 5.74) is 0.688. The molecule has 0 saturated heterocycles. The van der Waals surface area contributed by atoms with E-state index in [9.17, 15) is 14.4 Å². The van der Waals surface area contributed by atoms with E-state index in [0.717, 1.165) is 11.3 Å². The van der Waals surface area contributed by atoms with Gasteiger partial charge in [-0.25, -0.2) is 0 Å². The predicted octanol–water partition coefficient (Wildman–Crippen LogP) is -0.192. The number of aliphatic carboxylic acids is 1. The van der Waals surface area contributed by atoms with Gasteiger partial charge in [0.2, 0.25) is 5.91 Å². The molecule has 1 atom stereocenters. The second-order valence-electron chi connectivity index (χ2n) is 3.36. The third-order valence-corrected chi connectivity index (χ3v) is 2.91.